The van der Waals surface area contributed by atoms with Gasteiger partial charge in [-0.05, 0) is 129 Å². The second kappa shape index (κ2) is 35.3. The maximum atomic E-state index is 15.2. The molecular formula is C70H84F2N14O12S2. The van der Waals surface area contributed by atoms with Gasteiger partial charge in [0.2, 0.25) is 53.2 Å². The molecule has 2 bridgehead atoms. The van der Waals surface area contributed by atoms with Gasteiger partial charge in [0, 0.05) is 115 Å². The summed E-state index contributed by atoms with van der Waals surface area (Å²) in [7, 11) is 1.49. The summed E-state index contributed by atoms with van der Waals surface area (Å²) in [6.45, 7) is 3.76. The molecule has 3 aromatic heterocycles. The van der Waals surface area contributed by atoms with Crippen LogP contribution < -0.4 is 53.0 Å². The van der Waals surface area contributed by atoms with Crippen LogP contribution in [-0.4, -0.2) is 175 Å². The Labute approximate surface area is 584 Å². The zero-order chi connectivity index (χ0) is 71.5. The minimum atomic E-state index is -2.01. The van der Waals surface area contributed by atoms with E-state index in [2.05, 4.69) is 68.5 Å². The summed E-state index contributed by atoms with van der Waals surface area (Å²) >= 11 is 3.12. The number of H-pyrrole nitrogens is 3. The number of aromatic nitrogens is 4. The molecule has 7 aromatic rings. The van der Waals surface area contributed by atoms with Gasteiger partial charge >= 0.3 is 5.97 Å². The van der Waals surface area contributed by atoms with E-state index < -0.39 is 131 Å². The van der Waals surface area contributed by atoms with E-state index in [4.69, 9.17) is 10.5 Å². The number of carboxylic acids is 1. The number of hydrogen-bond acceptors (Lipinski definition) is 15. The number of nitrogens with two attached hydrogens (primary N) is 1. The Bertz CT molecular complexity index is 4060. The number of imidazole rings is 1. The van der Waals surface area contributed by atoms with Gasteiger partial charge in [-0.15, -0.1) is 0 Å². The van der Waals surface area contributed by atoms with Crippen molar-refractivity contribution in [2.24, 2.45) is 5.73 Å². The molecule has 26 nitrogen and oxygen atoms in total. The van der Waals surface area contributed by atoms with Crippen molar-refractivity contribution in [2.45, 2.75) is 144 Å². The standard InChI is InChI=1S/C70H84F2N14O12S2/c1-40-62(90)81-54(30-44-36-77-51-17-13-46(71)32-49(44)51)64(92)82-55(31-45-37-78-52-18-14-47(72)33-50(45)52)65(93)84-57(35-61(88)89)67(95)83-56(34-59-74-22-23-75-59)66(94)85-58(29-41-11-15-48(98-3)16-12-41)68(96)86-25-7-20-70(86,2)69(97)76-24-27-100-39-43-9-6-8-42(28-43)38-99-26-19-60(87)80-53(63(91)79-40)10-4-5-21-73/h6,8-9,11-18,22-23,28,32-33,36-37,40,53-58,77-78H,4-5,7,10,19-21,24-27,29-31,34-35,38-39,73H2,1-3H3,(H,74,75)(H,76,97)(H,79,91)(H,80,87)(H,81,90)(H,82,92)(H,83,95)(H,84,93)(H,85,94)(H,88,89)/t40-,53+,54+,55+,56+,57+,58+,70+/m1/s1. The fourth-order valence-corrected chi connectivity index (χ4v) is 13.9. The summed E-state index contributed by atoms with van der Waals surface area (Å²) in [6, 6.07) is 11.6. The summed E-state index contributed by atoms with van der Waals surface area (Å²) in [5, 5.41) is 32.7. The molecular weight excluding hydrogens is 1330 g/mol. The van der Waals surface area contributed by atoms with Crippen molar-refractivity contribution in [3.8, 4) is 5.75 Å². The summed E-state index contributed by atoms with van der Waals surface area (Å²) in [5.74, 6) is -7.42. The summed E-state index contributed by atoms with van der Waals surface area (Å²) in [5.41, 5.74) is 8.57. The maximum Gasteiger partial charge on any atom is 0.305 e. The second-order valence-corrected chi connectivity index (χ2v) is 27.3. The summed E-state index contributed by atoms with van der Waals surface area (Å²) < 4.78 is 35.3. The fourth-order valence-electron chi connectivity index (χ4n) is 12.2. The van der Waals surface area contributed by atoms with Crippen LogP contribution in [0, 0.1) is 11.6 Å². The number of fused-ring (bicyclic) bond motifs is 5. The average molecular weight is 1420 g/mol. The van der Waals surface area contributed by atoms with Crippen molar-refractivity contribution < 1.29 is 66.6 Å². The van der Waals surface area contributed by atoms with Gasteiger partial charge in [-0.1, -0.05) is 36.4 Å². The molecule has 30 heteroatoms. The number of nitrogens with zero attached hydrogens (tertiary/aromatic N) is 2. The molecule has 0 spiro atoms. The Morgan fingerprint density at radius 1 is 0.660 bits per heavy atom. The van der Waals surface area contributed by atoms with E-state index in [9.17, 15) is 42.7 Å². The lowest BCUT2D eigenvalue weighted by Gasteiger charge is -2.36. The largest absolute Gasteiger partial charge is 0.497 e. The maximum absolute atomic E-state index is 15.2. The van der Waals surface area contributed by atoms with Gasteiger partial charge in [-0.2, -0.15) is 23.5 Å². The first-order chi connectivity index (χ1) is 48.1. The molecule has 2 aliphatic rings. The van der Waals surface area contributed by atoms with Crippen LogP contribution in [0.2, 0.25) is 0 Å². The zero-order valence-corrected chi connectivity index (χ0v) is 57.3. The monoisotopic (exact) mass is 1410 g/mol. The number of carboxylic acid groups (broad SMARTS) is 1. The number of hydrogen-bond donors (Lipinski definition) is 13. The molecule has 14 N–H and O–H groups in total. The Hall–Kier alpha value is -9.81. The van der Waals surface area contributed by atoms with E-state index in [1.807, 2.05) is 18.2 Å². The van der Waals surface area contributed by atoms with E-state index in [0.717, 1.165) is 11.1 Å². The van der Waals surface area contributed by atoms with Crippen LogP contribution >= 0.6 is 23.5 Å². The predicted octanol–water partition coefficient (Wildman–Crippen LogP) is 4.01. The molecule has 0 unspecified atom stereocenters. The van der Waals surface area contributed by atoms with Crippen LogP contribution in [0.3, 0.4) is 0 Å². The Morgan fingerprint density at radius 3 is 1.82 bits per heavy atom. The lowest BCUT2D eigenvalue weighted by atomic mass is 9.95. The quantitative estimate of drug-likeness (QED) is 0.0645. The van der Waals surface area contributed by atoms with Gasteiger partial charge < -0.3 is 78.0 Å². The third kappa shape index (κ3) is 20.2. The highest BCUT2D eigenvalue weighted by Gasteiger charge is 2.48. The van der Waals surface area contributed by atoms with Crippen LogP contribution in [0.1, 0.15) is 92.4 Å². The van der Waals surface area contributed by atoms with Gasteiger partial charge in [0.05, 0.1) is 13.5 Å². The Morgan fingerprint density at radius 2 is 1.23 bits per heavy atom. The predicted molar refractivity (Wildman–Crippen MR) is 373 cm³/mol. The first-order valence-corrected chi connectivity index (χ1v) is 35.4. The fraction of sp³-hybridized carbons (Fsp3) is 0.414. The van der Waals surface area contributed by atoms with Gasteiger partial charge in [-0.25, -0.2) is 13.8 Å². The van der Waals surface area contributed by atoms with E-state index >= 15 is 19.2 Å². The number of aromatic amines is 3. The van der Waals surface area contributed by atoms with E-state index in [-0.39, 0.29) is 62.0 Å². The highest BCUT2D eigenvalue weighted by Crippen LogP contribution is 2.31. The molecule has 0 aliphatic carbocycles. The third-order valence-electron chi connectivity index (χ3n) is 17.7. The Balaban J connectivity index is 1.05. The number of unbranched alkanes of at least 4 members (excludes halogenated alkanes) is 1. The molecule has 2 aliphatic heterocycles. The first-order valence-electron chi connectivity index (χ1n) is 33.1. The minimum Gasteiger partial charge on any atom is -0.497 e. The average Bonchev–Trinajstić information content (AvgIpc) is 1.62. The van der Waals surface area contributed by atoms with Crippen LogP contribution in [0.15, 0.2) is 110 Å². The number of amides is 9. The van der Waals surface area contributed by atoms with Gasteiger partial charge in [0.1, 0.15) is 71.0 Å². The number of nitrogens with one attached hydrogen (secondary N) is 11. The number of carbonyl (C=O) groups excluding carboxylic acids is 9. The van der Waals surface area contributed by atoms with Crippen molar-refractivity contribution in [3.63, 3.8) is 0 Å². The molecule has 0 saturated carbocycles. The molecule has 9 amide bonds. The smallest absolute Gasteiger partial charge is 0.305 e. The van der Waals surface area contributed by atoms with Gasteiger partial charge in [-0.3, -0.25) is 47.9 Å². The first kappa shape index (κ1) is 74.4. The zero-order valence-electron chi connectivity index (χ0n) is 55.6. The SMILES string of the molecule is COc1ccc(C[C@@H]2NC(=O)[C@H](Cc3ncc[nH]3)NC(=O)[C@H](CC(=O)O)NC(=O)[C@H](Cc3c[nH]c4ccc(F)cc34)NC(=O)[C@H](Cc3c[nH]c4ccc(F)cc34)NC(=O)[C@@H](C)NC(=O)[C@H](CCCCN)NC(=O)CCSCc3cccc(c3)CSCCNC(=O)[C@]3(C)CCCN3C2=O)cc1. The lowest BCUT2D eigenvalue weighted by Crippen LogP contribution is -2.62. The number of halogens is 2. The molecule has 5 heterocycles. The van der Waals surface area contributed by atoms with Crippen LogP contribution in [0.4, 0.5) is 8.78 Å². The van der Waals surface area contributed by atoms with Crippen molar-refractivity contribution in [1.82, 2.24) is 67.4 Å². The van der Waals surface area contributed by atoms with Crippen LogP contribution in [0.5, 0.6) is 5.75 Å². The van der Waals surface area contributed by atoms with Gasteiger partial charge in [0.15, 0.2) is 0 Å². The molecule has 1 saturated heterocycles. The topological polar surface area (TPSA) is 386 Å². The summed E-state index contributed by atoms with van der Waals surface area (Å²) in [4.78, 5) is 159. The third-order valence-corrected chi connectivity index (χ3v) is 19.7. The van der Waals surface area contributed by atoms with E-state index in [1.54, 1.807) is 43.0 Å². The number of rotatable bonds is 15. The van der Waals surface area contributed by atoms with Crippen molar-refractivity contribution in [2.75, 3.05) is 38.2 Å². The van der Waals surface area contributed by atoms with E-state index in [0.29, 0.717) is 88.5 Å². The molecule has 9 rings (SSSR count). The van der Waals surface area contributed by atoms with Crippen molar-refractivity contribution in [3.05, 3.63) is 155 Å². The second-order valence-electron chi connectivity index (χ2n) is 25.0. The molecule has 0 radical (unpaired) electrons. The lowest BCUT2D eigenvalue weighted by molar-refractivity contribution is -0.146. The normalized spacial score (nSPS) is 22.8. The number of aliphatic carboxylic acids is 1. The Kier molecular flexibility index (Phi) is 26.3. The number of carbonyl (C=O) groups is 10. The number of methoxy groups -OCH3 is 1. The number of benzene rings is 4. The highest BCUT2D eigenvalue weighted by atomic mass is 32.2. The van der Waals surface area contributed by atoms with Gasteiger partial charge in [0.25, 0.3) is 0 Å². The number of thioether (sulfide) groups is 2. The number of ether oxygens (including phenoxy) is 1. The molecule has 1 fully saturated rings. The molecule has 4 aromatic carbocycles. The molecule has 100 heavy (non-hydrogen) atoms. The molecule has 532 valence electrons. The van der Waals surface area contributed by atoms with Crippen LogP contribution in [-0.2, 0) is 85.1 Å². The van der Waals surface area contributed by atoms with Crippen molar-refractivity contribution in [1.29, 1.82) is 0 Å². The van der Waals surface area contributed by atoms with Crippen molar-refractivity contribution >= 4 is 104 Å². The molecule has 8 atom stereocenters. The minimum absolute atomic E-state index is 0.0551. The summed E-state index contributed by atoms with van der Waals surface area (Å²) in [6.07, 6.45) is 5.36. The van der Waals surface area contributed by atoms with E-state index in [1.165, 1.54) is 91.9 Å². The highest BCUT2D eigenvalue weighted by molar-refractivity contribution is 7.98. The van der Waals surface area contributed by atoms with Crippen LogP contribution in [0.25, 0.3) is 21.8 Å².